The van der Waals surface area contributed by atoms with Gasteiger partial charge in [0, 0.05) is 44.0 Å². The third kappa shape index (κ3) is 5.62. The molecule has 4 nitrogen and oxygen atoms in total. The fraction of sp³-hybridized carbons (Fsp3) is 0.680. The van der Waals surface area contributed by atoms with Crippen molar-refractivity contribution in [3.8, 4) is 0 Å². The summed E-state index contributed by atoms with van der Waals surface area (Å²) in [6.07, 6.45) is 3.58. The van der Waals surface area contributed by atoms with E-state index < -0.39 is 0 Å². The summed E-state index contributed by atoms with van der Waals surface area (Å²) in [6, 6.07) is 8.28. The van der Waals surface area contributed by atoms with Gasteiger partial charge >= 0.3 is 0 Å². The Labute approximate surface area is 178 Å². The van der Waals surface area contributed by atoms with Gasteiger partial charge in [-0.2, -0.15) is 0 Å². The van der Waals surface area contributed by atoms with Crippen LogP contribution in [0.5, 0.6) is 0 Å². The number of rotatable bonds is 6. The van der Waals surface area contributed by atoms with Gasteiger partial charge in [-0.05, 0) is 84.6 Å². The zero-order valence-electron chi connectivity index (χ0n) is 19.4. The SMILES string of the molecule is CC(C)=C(C)N1CCN(C2CCN(Cc3ccc(C)cc3CCN)CC2)C(C)C1. The molecule has 0 spiro atoms. The monoisotopic (exact) mass is 398 g/mol. The highest BCUT2D eigenvalue weighted by Gasteiger charge is 2.31. The molecular weight excluding hydrogens is 356 g/mol. The highest BCUT2D eigenvalue weighted by molar-refractivity contribution is 5.32. The molecule has 1 atom stereocenters. The number of aryl methyl sites for hydroxylation is 1. The van der Waals surface area contributed by atoms with Crippen LogP contribution >= 0.6 is 0 Å². The summed E-state index contributed by atoms with van der Waals surface area (Å²) < 4.78 is 0. The van der Waals surface area contributed by atoms with Gasteiger partial charge in [0.25, 0.3) is 0 Å². The van der Waals surface area contributed by atoms with Gasteiger partial charge in [-0.25, -0.2) is 0 Å². The number of nitrogens with two attached hydrogens (primary N) is 1. The van der Waals surface area contributed by atoms with E-state index in [1.807, 2.05) is 0 Å². The molecule has 0 saturated carbocycles. The van der Waals surface area contributed by atoms with Gasteiger partial charge in [-0.1, -0.05) is 29.3 Å². The Kier molecular flexibility index (Phi) is 7.78. The molecule has 29 heavy (non-hydrogen) atoms. The minimum atomic E-state index is 0.642. The lowest BCUT2D eigenvalue weighted by Gasteiger charge is -2.47. The van der Waals surface area contributed by atoms with Crippen molar-refractivity contribution < 1.29 is 0 Å². The van der Waals surface area contributed by atoms with E-state index in [1.165, 1.54) is 73.5 Å². The lowest BCUT2D eigenvalue weighted by Crippen LogP contribution is -2.57. The van der Waals surface area contributed by atoms with Crippen molar-refractivity contribution in [1.29, 1.82) is 0 Å². The van der Waals surface area contributed by atoms with E-state index in [4.69, 9.17) is 5.73 Å². The zero-order chi connectivity index (χ0) is 21.0. The first-order valence-corrected chi connectivity index (χ1v) is 11.5. The molecule has 0 bridgehead atoms. The molecule has 1 aromatic rings. The van der Waals surface area contributed by atoms with Crippen LogP contribution in [0, 0.1) is 6.92 Å². The largest absolute Gasteiger partial charge is 0.372 e. The van der Waals surface area contributed by atoms with Gasteiger partial charge in [0.1, 0.15) is 0 Å². The van der Waals surface area contributed by atoms with E-state index >= 15 is 0 Å². The summed E-state index contributed by atoms with van der Waals surface area (Å²) in [5.41, 5.74) is 13.0. The smallest absolute Gasteiger partial charge is 0.0329 e. The lowest BCUT2D eigenvalue weighted by atomic mass is 9.97. The predicted octanol–water partition coefficient (Wildman–Crippen LogP) is 3.78. The molecule has 1 unspecified atom stereocenters. The molecule has 1 aromatic carbocycles. The minimum Gasteiger partial charge on any atom is -0.372 e. The van der Waals surface area contributed by atoms with Gasteiger partial charge in [-0.3, -0.25) is 9.80 Å². The number of piperidine rings is 1. The summed E-state index contributed by atoms with van der Waals surface area (Å²) in [7, 11) is 0. The molecule has 0 radical (unpaired) electrons. The highest BCUT2D eigenvalue weighted by Crippen LogP contribution is 2.25. The number of benzene rings is 1. The van der Waals surface area contributed by atoms with E-state index in [-0.39, 0.29) is 0 Å². The maximum Gasteiger partial charge on any atom is 0.0329 e. The fourth-order valence-corrected chi connectivity index (χ4v) is 5.08. The Morgan fingerprint density at radius 2 is 1.76 bits per heavy atom. The van der Waals surface area contributed by atoms with Crippen LogP contribution in [-0.4, -0.2) is 66.1 Å². The molecule has 162 valence electrons. The third-order valence-electron chi connectivity index (χ3n) is 7.07. The molecule has 0 amide bonds. The third-order valence-corrected chi connectivity index (χ3v) is 7.07. The average molecular weight is 399 g/mol. The molecule has 2 fully saturated rings. The quantitative estimate of drug-likeness (QED) is 0.791. The number of hydrogen-bond acceptors (Lipinski definition) is 4. The molecule has 4 heteroatoms. The van der Waals surface area contributed by atoms with E-state index in [2.05, 4.69) is 67.5 Å². The van der Waals surface area contributed by atoms with Crippen molar-refractivity contribution in [2.75, 3.05) is 39.3 Å². The Balaban J connectivity index is 1.53. The molecule has 2 N–H and O–H groups in total. The molecule has 2 heterocycles. The first-order chi connectivity index (χ1) is 13.9. The van der Waals surface area contributed by atoms with Crippen LogP contribution in [0.15, 0.2) is 29.5 Å². The van der Waals surface area contributed by atoms with Crippen molar-refractivity contribution in [2.24, 2.45) is 5.73 Å². The number of nitrogens with zero attached hydrogens (tertiary/aromatic N) is 3. The summed E-state index contributed by atoms with van der Waals surface area (Å²) >= 11 is 0. The summed E-state index contributed by atoms with van der Waals surface area (Å²) in [5, 5.41) is 0. The van der Waals surface area contributed by atoms with Crippen LogP contribution in [0.4, 0.5) is 0 Å². The van der Waals surface area contributed by atoms with Crippen LogP contribution in [0.1, 0.15) is 57.2 Å². The zero-order valence-corrected chi connectivity index (χ0v) is 19.4. The van der Waals surface area contributed by atoms with E-state index in [9.17, 15) is 0 Å². The lowest BCUT2D eigenvalue weighted by molar-refractivity contribution is 0.0309. The first-order valence-electron chi connectivity index (χ1n) is 11.5. The molecule has 0 aliphatic carbocycles. The number of hydrogen-bond donors (Lipinski definition) is 1. The Hall–Kier alpha value is -1.36. The Morgan fingerprint density at radius 3 is 2.38 bits per heavy atom. The second-order valence-electron chi connectivity index (χ2n) is 9.44. The van der Waals surface area contributed by atoms with E-state index in [0.717, 1.165) is 25.6 Å². The van der Waals surface area contributed by atoms with Crippen LogP contribution < -0.4 is 5.73 Å². The van der Waals surface area contributed by atoms with Crippen LogP contribution in [0.2, 0.25) is 0 Å². The molecule has 2 aliphatic heterocycles. The van der Waals surface area contributed by atoms with Crippen molar-refractivity contribution in [1.82, 2.24) is 14.7 Å². The van der Waals surface area contributed by atoms with E-state index in [0.29, 0.717) is 6.04 Å². The van der Waals surface area contributed by atoms with Gasteiger partial charge in [0.2, 0.25) is 0 Å². The summed E-state index contributed by atoms with van der Waals surface area (Å²) in [5.74, 6) is 0. The number of piperazine rings is 1. The minimum absolute atomic E-state index is 0.642. The predicted molar refractivity (Wildman–Crippen MR) is 124 cm³/mol. The standard InChI is InChI=1S/C25H42N4/c1-19(2)22(5)28-14-15-29(21(4)17-28)25-9-12-27(13-10-25)18-24-7-6-20(3)16-23(24)8-11-26/h6-7,16,21,25H,8-15,17-18,26H2,1-5H3. The van der Waals surface area contributed by atoms with Crippen molar-refractivity contribution in [3.05, 3.63) is 46.2 Å². The van der Waals surface area contributed by atoms with Crippen LogP contribution in [-0.2, 0) is 13.0 Å². The van der Waals surface area contributed by atoms with Gasteiger partial charge < -0.3 is 10.6 Å². The van der Waals surface area contributed by atoms with Gasteiger partial charge in [-0.15, -0.1) is 0 Å². The highest BCUT2D eigenvalue weighted by atomic mass is 15.3. The summed E-state index contributed by atoms with van der Waals surface area (Å²) in [6.45, 7) is 19.1. The van der Waals surface area contributed by atoms with Gasteiger partial charge in [0.05, 0.1) is 0 Å². The van der Waals surface area contributed by atoms with Crippen molar-refractivity contribution >= 4 is 0 Å². The Morgan fingerprint density at radius 1 is 1.03 bits per heavy atom. The second-order valence-corrected chi connectivity index (χ2v) is 9.44. The molecular formula is C25H42N4. The topological polar surface area (TPSA) is 35.7 Å². The summed E-state index contributed by atoms with van der Waals surface area (Å²) in [4.78, 5) is 8.02. The normalized spacial score (nSPS) is 22.1. The Bertz CT molecular complexity index is 699. The average Bonchev–Trinajstić information content (AvgIpc) is 2.70. The van der Waals surface area contributed by atoms with Crippen molar-refractivity contribution in [2.45, 2.75) is 72.5 Å². The molecule has 2 saturated heterocycles. The molecule has 3 rings (SSSR count). The second kappa shape index (κ2) is 10.1. The molecule has 2 aliphatic rings. The van der Waals surface area contributed by atoms with Crippen LogP contribution in [0.25, 0.3) is 0 Å². The molecule has 0 aromatic heterocycles. The van der Waals surface area contributed by atoms with Gasteiger partial charge in [0.15, 0.2) is 0 Å². The maximum atomic E-state index is 5.85. The van der Waals surface area contributed by atoms with Crippen LogP contribution in [0.3, 0.4) is 0 Å². The first kappa shape index (κ1) is 22.3. The number of allylic oxidation sites excluding steroid dienone is 2. The maximum absolute atomic E-state index is 5.85. The van der Waals surface area contributed by atoms with Crippen molar-refractivity contribution in [3.63, 3.8) is 0 Å². The number of likely N-dealkylation sites (tertiary alicyclic amines) is 1. The fourth-order valence-electron chi connectivity index (χ4n) is 5.08. The van der Waals surface area contributed by atoms with E-state index in [1.54, 1.807) is 0 Å².